The third-order valence-electron chi connectivity index (χ3n) is 2.13. The average Bonchev–Trinajstić information content (AvgIpc) is 2.27. The van der Waals surface area contributed by atoms with E-state index in [1.165, 1.54) is 6.21 Å². The van der Waals surface area contributed by atoms with Crippen molar-refractivity contribution in [3.05, 3.63) is 10.7 Å². The summed E-state index contributed by atoms with van der Waals surface area (Å²) in [6.45, 7) is 10.3. The molecule has 1 N–H and O–H groups in total. The van der Waals surface area contributed by atoms with Crippen LogP contribution >= 0.6 is 15.9 Å². The molecule has 0 fully saturated rings. The first-order valence-corrected chi connectivity index (χ1v) is 7.58. The van der Waals surface area contributed by atoms with E-state index in [1.54, 1.807) is 47.7 Å². The summed E-state index contributed by atoms with van der Waals surface area (Å²) in [5, 5.41) is 2.82. The number of nitrogens with zero attached hydrogens (tertiary/aromatic N) is 2. The van der Waals surface area contributed by atoms with Crippen LogP contribution in [0.2, 0.25) is 0 Å². The first-order chi connectivity index (χ1) is 9.89. The Morgan fingerprint density at radius 1 is 1.14 bits per heavy atom. The molecule has 0 aromatic heterocycles. The molecule has 0 saturated heterocycles. The summed E-state index contributed by atoms with van der Waals surface area (Å²) >= 11 is 3.24. The number of carbonyl (C=O) groups excluding carboxylic acids is 2. The Hall–Kier alpha value is -1.57. The lowest BCUT2D eigenvalue weighted by molar-refractivity contribution is -0.00840. The lowest BCUT2D eigenvalue weighted by Crippen LogP contribution is -2.53. The van der Waals surface area contributed by atoms with Crippen LogP contribution in [0.1, 0.15) is 41.5 Å². The van der Waals surface area contributed by atoms with Crippen LogP contribution in [-0.4, -0.2) is 40.8 Å². The molecule has 0 saturated carbocycles. The summed E-state index contributed by atoms with van der Waals surface area (Å²) in [6, 6.07) is 0. The molecular weight excluding hydrogens is 354 g/mol. The van der Waals surface area contributed by atoms with E-state index in [-0.39, 0.29) is 0 Å². The molecule has 1 heterocycles. The van der Waals surface area contributed by atoms with Crippen LogP contribution in [0.5, 0.6) is 0 Å². The molecule has 8 heteroatoms. The van der Waals surface area contributed by atoms with Crippen molar-refractivity contribution in [2.45, 2.75) is 59.0 Å². The summed E-state index contributed by atoms with van der Waals surface area (Å²) < 4.78 is 11.2. The zero-order valence-corrected chi connectivity index (χ0v) is 15.2. The maximum atomic E-state index is 12.3. The lowest BCUT2D eigenvalue weighted by atomic mass is 10.2. The number of carbonyl (C=O) groups is 2. The zero-order valence-electron chi connectivity index (χ0n) is 13.6. The highest BCUT2D eigenvalue weighted by molar-refractivity contribution is 9.12. The maximum Gasteiger partial charge on any atom is 0.423 e. The van der Waals surface area contributed by atoms with Crippen LogP contribution in [0.3, 0.4) is 0 Å². The number of hydrogen-bond acceptors (Lipinski definition) is 6. The average molecular weight is 376 g/mol. The van der Waals surface area contributed by atoms with E-state index in [0.717, 1.165) is 4.90 Å². The quantitative estimate of drug-likeness (QED) is 0.759. The van der Waals surface area contributed by atoms with Gasteiger partial charge in [-0.1, -0.05) is 0 Å². The van der Waals surface area contributed by atoms with Gasteiger partial charge >= 0.3 is 12.2 Å². The largest absolute Gasteiger partial charge is 0.443 e. The topological polar surface area (TPSA) is 80.2 Å². The predicted molar refractivity (Wildman–Crippen MR) is 86.7 cm³/mol. The SMILES string of the molecule is CC(C)(C)OC(=O)N(C(=O)OC(C)(C)C)C1N=CC(Br)=CN1. The van der Waals surface area contributed by atoms with Crippen molar-refractivity contribution in [2.24, 2.45) is 4.99 Å². The molecule has 2 amide bonds. The van der Waals surface area contributed by atoms with Gasteiger partial charge in [-0.2, -0.15) is 4.90 Å². The molecule has 1 atom stereocenters. The van der Waals surface area contributed by atoms with Gasteiger partial charge in [-0.25, -0.2) is 14.6 Å². The minimum atomic E-state index is -0.925. The third kappa shape index (κ3) is 6.05. The number of allylic oxidation sites excluding steroid dienone is 1. The Labute approximate surface area is 138 Å². The van der Waals surface area contributed by atoms with Crippen molar-refractivity contribution < 1.29 is 19.1 Å². The van der Waals surface area contributed by atoms with E-state index in [1.807, 2.05) is 0 Å². The molecule has 124 valence electrons. The second-order valence-electron chi connectivity index (χ2n) is 6.68. The second kappa shape index (κ2) is 6.68. The van der Waals surface area contributed by atoms with E-state index in [0.29, 0.717) is 4.48 Å². The summed E-state index contributed by atoms with van der Waals surface area (Å²) in [4.78, 5) is 29.5. The Bertz CT molecular complexity index is 475. The Morgan fingerprint density at radius 2 is 1.59 bits per heavy atom. The maximum absolute atomic E-state index is 12.3. The molecule has 1 aliphatic rings. The van der Waals surface area contributed by atoms with Crippen LogP contribution in [0.15, 0.2) is 15.7 Å². The standard InChI is InChI=1S/C14H22BrN3O4/c1-13(2,3)21-11(19)18(12(20)22-14(4,5)6)10-16-7-9(15)8-17-10/h7-8,10,16H,1-6H3. The monoisotopic (exact) mass is 375 g/mol. The van der Waals surface area contributed by atoms with Gasteiger partial charge < -0.3 is 14.8 Å². The number of ether oxygens (including phenoxy) is 2. The third-order valence-corrected chi connectivity index (χ3v) is 2.57. The molecule has 22 heavy (non-hydrogen) atoms. The second-order valence-corrected chi connectivity index (χ2v) is 7.59. The molecular formula is C14H22BrN3O4. The van der Waals surface area contributed by atoms with Crippen molar-refractivity contribution in [3.63, 3.8) is 0 Å². The van der Waals surface area contributed by atoms with E-state index in [9.17, 15) is 9.59 Å². The Morgan fingerprint density at radius 3 is 1.91 bits per heavy atom. The number of hydrogen-bond donors (Lipinski definition) is 1. The minimum Gasteiger partial charge on any atom is -0.443 e. The van der Waals surface area contributed by atoms with E-state index < -0.39 is 29.7 Å². The normalized spacial score (nSPS) is 18.1. The molecule has 0 spiro atoms. The van der Waals surface area contributed by atoms with Gasteiger partial charge in [0, 0.05) is 12.4 Å². The summed E-state index contributed by atoms with van der Waals surface area (Å²) in [5.74, 6) is 0. The van der Waals surface area contributed by atoms with Crippen molar-refractivity contribution in [1.82, 2.24) is 10.2 Å². The highest BCUT2D eigenvalue weighted by atomic mass is 79.9. The van der Waals surface area contributed by atoms with Crippen LogP contribution in [0.25, 0.3) is 0 Å². The zero-order chi connectivity index (χ0) is 17.1. The van der Waals surface area contributed by atoms with Gasteiger partial charge in [-0.15, -0.1) is 0 Å². The summed E-state index contributed by atoms with van der Waals surface area (Å²) in [6.07, 6.45) is 0.485. The number of aliphatic imine (C=N–C) groups is 1. The van der Waals surface area contributed by atoms with E-state index >= 15 is 0 Å². The van der Waals surface area contributed by atoms with Crippen LogP contribution in [0, 0.1) is 0 Å². The number of amides is 2. The molecule has 7 nitrogen and oxygen atoms in total. The van der Waals surface area contributed by atoms with E-state index in [2.05, 4.69) is 26.2 Å². The van der Waals surface area contributed by atoms with Gasteiger partial charge in [-0.05, 0) is 57.5 Å². The summed E-state index contributed by atoms with van der Waals surface area (Å²) in [7, 11) is 0. The number of imide groups is 1. The van der Waals surface area contributed by atoms with Crippen molar-refractivity contribution in [1.29, 1.82) is 0 Å². The molecule has 0 aliphatic carbocycles. The molecule has 0 aromatic carbocycles. The van der Waals surface area contributed by atoms with Crippen LogP contribution < -0.4 is 5.32 Å². The fourth-order valence-corrected chi connectivity index (χ4v) is 1.66. The van der Waals surface area contributed by atoms with Gasteiger partial charge in [0.1, 0.15) is 11.2 Å². The highest BCUT2D eigenvalue weighted by Crippen LogP contribution is 2.18. The van der Waals surface area contributed by atoms with Gasteiger partial charge in [0.15, 0.2) is 0 Å². The minimum absolute atomic E-state index is 0.692. The summed E-state index contributed by atoms with van der Waals surface area (Å²) in [5.41, 5.74) is -1.49. The molecule has 0 aromatic rings. The first-order valence-electron chi connectivity index (χ1n) is 6.79. The van der Waals surface area contributed by atoms with Gasteiger partial charge in [0.25, 0.3) is 0 Å². The van der Waals surface area contributed by atoms with Crippen molar-refractivity contribution >= 4 is 34.3 Å². The highest BCUT2D eigenvalue weighted by Gasteiger charge is 2.36. The van der Waals surface area contributed by atoms with Gasteiger partial charge in [0.2, 0.25) is 6.29 Å². The molecule has 1 aliphatic heterocycles. The number of nitrogens with one attached hydrogen (secondary N) is 1. The molecule has 0 bridgehead atoms. The van der Waals surface area contributed by atoms with Crippen molar-refractivity contribution in [3.8, 4) is 0 Å². The fourth-order valence-electron chi connectivity index (χ4n) is 1.41. The van der Waals surface area contributed by atoms with Gasteiger partial charge in [-0.3, -0.25) is 0 Å². The Kier molecular flexibility index (Phi) is 5.61. The molecule has 0 radical (unpaired) electrons. The number of halogens is 1. The lowest BCUT2D eigenvalue weighted by Gasteiger charge is -2.32. The smallest absolute Gasteiger partial charge is 0.423 e. The fraction of sp³-hybridized carbons (Fsp3) is 0.643. The first kappa shape index (κ1) is 18.5. The molecule has 1 unspecified atom stereocenters. The Balaban J connectivity index is 2.98. The predicted octanol–water partition coefficient (Wildman–Crippen LogP) is 3.35. The van der Waals surface area contributed by atoms with Crippen molar-refractivity contribution in [2.75, 3.05) is 0 Å². The van der Waals surface area contributed by atoms with Crippen LogP contribution in [0.4, 0.5) is 9.59 Å². The van der Waals surface area contributed by atoms with Gasteiger partial charge in [0.05, 0.1) is 4.48 Å². The van der Waals surface area contributed by atoms with E-state index in [4.69, 9.17) is 9.47 Å². The number of rotatable bonds is 1. The van der Waals surface area contributed by atoms with Crippen LogP contribution in [-0.2, 0) is 9.47 Å². The molecule has 1 rings (SSSR count).